The molecule has 0 spiro atoms. The zero-order valence-corrected chi connectivity index (χ0v) is 10.6. The van der Waals surface area contributed by atoms with Crippen LogP contribution in [0.4, 0.5) is 0 Å². The average Bonchev–Trinajstić information content (AvgIpc) is 2.29. The maximum atomic E-state index is 10.7. The zero-order chi connectivity index (χ0) is 12.4. The summed E-state index contributed by atoms with van der Waals surface area (Å²) in [6, 6.07) is 2.66. The maximum absolute atomic E-state index is 10.7. The second-order valence-corrected chi connectivity index (χ2v) is 4.61. The van der Waals surface area contributed by atoms with Crippen molar-refractivity contribution in [3.63, 3.8) is 0 Å². The quantitative estimate of drug-likeness (QED) is 0.876. The lowest BCUT2D eigenvalue weighted by Gasteiger charge is -2.20. The highest BCUT2D eigenvalue weighted by molar-refractivity contribution is 9.10. The standard InChI is InChI=1S/C11H12BrNO4/c12-7-3-6(4-8(13)11(14)15)5-9-10(7)17-2-1-16-9/h3,5,8H,1-2,4,13H2,(H,14,15)/t8-/m1/s1. The van der Waals surface area contributed by atoms with Crippen LogP contribution in [0.2, 0.25) is 0 Å². The molecule has 1 aromatic rings. The van der Waals surface area contributed by atoms with Crippen molar-refractivity contribution in [3.8, 4) is 11.5 Å². The van der Waals surface area contributed by atoms with E-state index in [0.29, 0.717) is 24.7 Å². The molecule has 17 heavy (non-hydrogen) atoms. The van der Waals surface area contributed by atoms with Gasteiger partial charge in [-0.2, -0.15) is 0 Å². The van der Waals surface area contributed by atoms with Crippen molar-refractivity contribution in [3.05, 3.63) is 22.2 Å². The summed E-state index contributed by atoms with van der Waals surface area (Å²) in [4.78, 5) is 10.7. The third-order valence-corrected chi connectivity index (χ3v) is 3.02. The molecule has 2 rings (SSSR count). The van der Waals surface area contributed by atoms with Gasteiger partial charge in [0.05, 0.1) is 4.47 Å². The van der Waals surface area contributed by atoms with Crippen molar-refractivity contribution in [2.75, 3.05) is 13.2 Å². The minimum atomic E-state index is -1.02. The van der Waals surface area contributed by atoms with Gasteiger partial charge in [0.1, 0.15) is 19.3 Å². The van der Waals surface area contributed by atoms with Gasteiger partial charge in [-0.1, -0.05) is 0 Å². The lowest BCUT2D eigenvalue weighted by molar-refractivity contribution is -0.138. The summed E-state index contributed by atoms with van der Waals surface area (Å²) in [6.07, 6.45) is 0.255. The minimum absolute atomic E-state index is 0.255. The first-order valence-electron chi connectivity index (χ1n) is 5.14. The second-order valence-electron chi connectivity index (χ2n) is 3.75. The molecule has 6 heteroatoms. The van der Waals surface area contributed by atoms with E-state index in [1.807, 2.05) is 0 Å². The zero-order valence-electron chi connectivity index (χ0n) is 8.98. The van der Waals surface area contributed by atoms with Crippen LogP contribution < -0.4 is 15.2 Å². The molecule has 0 aliphatic carbocycles. The fourth-order valence-corrected chi connectivity index (χ4v) is 2.23. The molecule has 0 saturated heterocycles. The Bertz CT molecular complexity index is 449. The molecule has 92 valence electrons. The van der Waals surface area contributed by atoms with Crippen molar-refractivity contribution >= 4 is 21.9 Å². The average molecular weight is 302 g/mol. The first kappa shape index (κ1) is 12.2. The number of ether oxygens (including phenoxy) is 2. The number of carboxylic acid groups (broad SMARTS) is 1. The van der Waals surface area contributed by atoms with Crippen LogP contribution in [-0.2, 0) is 11.2 Å². The fraction of sp³-hybridized carbons (Fsp3) is 0.364. The number of nitrogens with two attached hydrogens (primary N) is 1. The van der Waals surface area contributed by atoms with Crippen LogP contribution >= 0.6 is 15.9 Å². The van der Waals surface area contributed by atoms with E-state index in [2.05, 4.69) is 15.9 Å². The molecule has 0 unspecified atom stereocenters. The van der Waals surface area contributed by atoms with E-state index >= 15 is 0 Å². The molecule has 1 aliphatic rings. The summed E-state index contributed by atoms with van der Waals surface area (Å²) in [5, 5.41) is 8.76. The Morgan fingerprint density at radius 3 is 2.88 bits per heavy atom. The van der Waals surface area contributed by atoms with E-state index in [1.165, 1.54) is 0 Å². The van der Waals surface area contributed by atoms with E-state index in [0.717, 1.165) is 10.0 Å². The van der Waals surface area contributed by atoms with Gasteiger partial charge >= 0.3 is 5.97 Å². The lowest BCUT2D eigenvalue weighted by atomic mass is 10.1. The molecule has 0 aromatic heterocycles. The van der Waals surface area contributed by atoms with E-state index in [-0.39, 0.29) is 6.42 Å². The van der Waals surface area contributed by atoms with Gasteiger partial charge in [0.2, 0.25) is 0 Å². The van der Waals surface area contributed by atoms with Crippen LogP contribution in [0.3, 0.4) is 0 Å². The van der Waals surface area contributed by atoms with Crippen LogP contribution in [0.25, 0.3) is 0 Å². The predicted molar refractivity (Wildman–Crippen MR) is 64.4 cm³/mol. The van der Waals surface area contributed by atoms with Crippen LogP contribution in [0.15, 0.2) is 16.6 Å². The molecule has 3 N–H and O–H groups in total. The SMILES string of the molecule is N[C@H](Cc1cc(Br)c2c(c1)OCCO2)C(=O)O. The summed E-state index contributed by atoms with van der Waals surface area (Å²) in [5.74, 6) is 0.262. The lowest BCUT2D eigenvalue weighted by Crippen LogP contribution is -2.32. The van der Waals surface area contributed by atoms with Gasteiger partial charge in [-0.05, 0) is 40.0 Å². The topological polar surface area (TPSA) is 81.8 Å². The van der Waals surface area contributed by atoms with E-state index < -0.39 is 12.0 Å². The van der Waals surface area contributed by atoms with Crippen molar-refractivity contribution in [1.29, 1.82) is 0 Å². The highest BCUT2D eigenvalue weighted by atomic mass is 79.9. The van der Waals surface area contributed by atoms with Crippen molar-refractivity contribution in [2.45, 2.75) is 12.5 Å². The second kappa shape index (κ2) is 4.93. The minimum Gasteiger partial charge on any atom is -0.486 e. The Kier molecular flexibility index (Phi) is 3.54. The molecule has 1 atom stereocenters. The Hall–Kier alpha value is -1.27. The van der Waals surface area contributed by atoms with Gasteiger partial charge in [-0.3, -0.25) is 4.79 Å². The highest BCUT2D eigenvalue weighted by Crippen LogP contribution is 2.38. The van der Waals surface area contributed by atoms with Gasteiger partial charge in [0.25, 0.3) is 0 Å². The monoisotopic (exact) mass is 301 g/mol. The molecule has 1 heterocycles. The van der Waals surface area contributed by atoms with Gasteiger partial charge in [-0.15, -0.1) is 0 Å². The number of benzene rings is 1. The van der Waals surface area contributed by atoms with Crippen LogP contribution in [0.1, 0.15) is 5.56 Å². The maximum Gasteiger partial charge on any atom is 0.320 e. The Balaban J connectivity index is 2.25. The summed E-state index contributed by atoms with van der Waals surface area (Å²) < 4.78 is 11.6. The molecule has 0 bridgehead atoms. The Morgan fingerprint density at radius 2 is 2.18 bits per heavy atom. The predicted octanol–water partition coefficient (Wildman–Crippen LogP) is 1.17. The molecule has 1 aliphatic heterocycles. The molecule has 0 amide bonds. The Morgan fingerprint density at radius 1 is 1.47 bits per heavy atom. The summed E-state index contributed by atoms with van der Waals surface area (Å²) >= 11 is 3.37. The van der Waals surface area contributed by atoms with Crippen LogP contribution in [0, 0.1) is 0 Å². The van der Waals surface area contributed by atoms with Crippen molar-refractivity contribution in [2.24, 2.45) is 5.73 Å². The van der Waals surface area contributed by atoms with Gasteiger partial charge in [0.15, 0.2) is 11.5 Å². The number of halogens is 1. The number of fused-ring (bicyclic) bond motifs is 1. The van der Waals surface area contributed by atoms with E-state index in [4.69, 9.17) is 20.3 Å². The number of carbonyl (C=O) groups is 1. The van der Waals surface area contributed by atoms with Gasteiger partial charge in [0, 0.05) is 0 Å². The number of hydrogen-bond acceptors (Lipinski definition) is 4. The van der Waals surface area contributed by atoms with Crippen LogP contribution in [0.5, 0.6) is 11.5 Å². The van der Waals surface area contributed by atoms with Gasteiger partial charge in [-0.25, -0.2) is 0 Å². The number of aliphatic carboxylic acids is 1. The third-order valence-electron chi connectivity index (χ3n) is 2.43. The number of rotatable bonds is 3. The summed E-state index contributed by atoms with van der Waals surface area (Å²) in [7, 11) is 0. The smallest absolute Gasteiger partial charge is 0.320 e. The van der Waals surface area contributed by atoms with Gasteiger partial charge < -0.3 is 20.3 Å². The highest BCUT2D eigenvalue weighted by Gasteiger charge is 2.19. The summed E-state index contributed by atoms with van der Waals surface area (Å²) in [5.41, 5.74) is 6.29. The molecule has 0 saturated carbocycles. The molecular formula is C11H12BrNO4. The van der Waals surface area contributed by atoms with Crippen molar-refractivity contribution < 1.29 is 19.4 Å². The molecule has 5 nitrogen and oxygen atoms in total. The molecular weight excluding hydrogens is 290 g/mol. The normalized spacial score (nSPS) is 15.4. The summed E-state index contributed by atoms with van der Waals surface area (Å²) in [6.45, 7) is 1.01. The molecule has 0 fully saturated rings. The van der Waals surface area contributed by atoms with Crippen LogP contribution in [-0.4, -0.2) is 30.3 Å². The molecule has 0 radical (unpaired) electrons. The van der Waals surface area contributed by atoms with E-state index in [9.17, 15) is 4.79 Å². The van der Waals surface area contributed by atoms with Crippen molar-refractivity contribution in [1.82, 2.24) is 0 Å². The number of carboxylic acids is 1. The molecule has 1 aromatic carbocycles. The largest absolute Gasteiger partial charge is 0.486 e. The number of hydrogen-bond donors (Lipinski definition) is 2. The Labute approximate surface area is 107 Å². The first-order chi connectivity index (χ1) is 8.08. The third kappa shape index (κ3) is 2.70. The first-order valence-corrected chi connectivity index (χ1v) is 5.93. The van der Waals surface area contributed by atoms with E-state index in [1.54, 1.807) is 12.1 Å². The fourth-order valence-electron chi connectivity index (χ4n) is 1.62.